The van der Waals surface area contributed by atoms with Gasteiger partial charge in [-0.05, 0) is 55.2 Å². The van der Waals surface area contributed by atoms with E-state index in [4.69, 9.17) is 9.47 Å². The third kappa shape index (κ3) is 4.72. The molecule has 0 bridgehead atoms. The molecule has 0 radical (unpaired) electrons. The Labute approximate surface area is 176 Å². The van der Waals surface area contributed by atoms with Crippen molar-refractivity contribution >= 4 is 11.8 Å². The molecule has 1 fully saturated rings. The number of thioether (sulfide) groups is 1. The molecule has 2 aromatic rings. The van der Waals surface area contributed by atoms with E-state index in [0.717, 1.165) is 34.4 Å². The SMILES string of the molecule is CCOc1ccc(Cc2cc(C3SC(C)C(O)C(O)C3O)c(OC)cc2C)cc1. The monoisotopic (exact) mass is 418 g/mol. The summed E-state index contributed by atoms with van der Waals surface area (Å²) < 4.78 is 11.1. The Morgan fingerprint density at radius 1 is 1.00 bits per heavy atom. The number of aryl methyl sites for hydroxylation is 1. The second-order valence-electron chi connectivity index (χ2n) is 7.51. The van der Waals surface area contributed by atoms with Gasteiger partial charge in [-0.1, -0.05) is 25.1 Å². The summed E-state index contributed by atoms with van der Waals surface area (Å²) in [5.41, 5.74) is 4.23. The summed E-state index contributed by atoms with van der Waals surface area (Å²) in [6.45, 7) is 6.51. The van der Waals surface area contributed by atoms with Gasteiger partial charge in [-0.2, -0.15) is 0 Å². The lowest BCUT2D eigenvalue weighted by Gasteiger charge is -2.39. The predicted molar refractivity (Wildman–Crippen MR) is 116 cm³/mol. The number of aliphatic hydroxyl groups excluding tert-OH is 3. The summed E-state index contributed by atoms with van der Waals surface area (Å²) in [5, 5.41) is 30.4. The third-order valence-electron chi connectivity index (χ3n) is 5.48. The molecule has 5 atom stereocenters. The molecule has 6 heteroatoms. The van der Waals surface area contributed by atoms with Crippen molar-refractivity contribution < 1.29 is 24.8 Å². The second-order valence-corrected chi connectivity index (χ2v) is 9.03. The van der Waals surface area contributed by atoms with Crippen LogP contribution in [0.1, 0.15) is 41.4 Å². The molecule has 1 aliphatic heterocycles. The Morgan fingerprint density at radius 3 is 2.31 bits per heavy atom. The molecular weight excluding hydrogens is 388 g/mol. The molecular formula is C23H30O5S. The van der Waals surface area contributed by atoms with Crippen LogP contribution in [0.5, 0.6) is 11.5 Å². The van der Waals surface area contributed by atoms with Crippen molar-refractivity contribution in [3.63, 3.8) is 0 Å². The van der Waals surface area contributed by atoms with E-state index in [2.05, 4.69) is 18.2 Å². The number of ether oxygens (including phenoxy) is 2. The van der Waals surface area contributed by atoms with Crippen LogP contribution in [0.4, 0.5) is 0 Å². The first kappa shape index (κ1) is 22.0. The lowest BCUT2D eigenvalue weighted by atomic mass is 9.92. The van der Waals surface area contributed by atoms with Crippen LogP contribution in [-0.4, -0.2) is 52.6 Å². The number of benzene rings is 2. The number of aliphatic hydroxyl groups is 3. The average molecular weight is 419 g/mol. The number of rotatable bonds is 6. The summed E-state index contributed by atoms with van der Waals surface area (Å²) in [5.74, 6) is 1.54. The van der Waals surface area contributed by atoms with Crippen LogP contribution in [0, 0.1) is 6.92 Å². The highest BCUT2D eigenvalue weighted by Gasteiger charge is 2.43. The fourth-order valence-electron chi connectivity index (χ4n) is 3.73. The lowest BCUT2D eigenvalue weighted by molar-refractivity contribution is -0.0645. The van der Waals surface area contributed by atoms with E-state index in [1.165, 1.54) is 11.8 Å². The van der Waals surface area contributed by atoms with Crippen LogP contribution in [0.2, 0.25) is 0 Å². The van der Waals surface area contributed by atoms with Crippen LogP contribution in [-0.2, 0) is 6.42 Å². The van der Waals surface area contributed by atoms with Gasteiger partial charge in [0.2, 0.25) is 0 Å². The Hall–Kier alpha value is -1.73. The molecule has 2 aromatic carbocycles. The molecule has 5 unspecified atom stereocenters. The second kappa shape index (κ2) is 9.39. The van der Waals surface area contributed by atoms with E-state index in [0.29, 0.717) is 12.4 Å². The molecule has 1 heterocycles. The van der Waals surface area contributed by atoms with E-state index in [1.54, 1.807) is 7.11 Å². The van der Waals surface area contributed by atoms with Crippen molar-refractivity contribution in [2.45, 2.75) is 56.0 Å². The molecule has 0 aliphatic carbocycles. The Morgan fingerprint density at radius 2 is 1.69 bits per heavy atom. The molecule has 0 amide bonds. The Balaban J connectivity index is 1.92. The fraction of sp³-hybridized carbons (Fsp3) is 0.478. The predicted octanol–water partition coefficient (Wildman–Crippen LogP) is 3.25. The first-order chi connectivity index (χ1) is 13.8. The van der Waals surface area contributed by atoms with Gasteiger partial charge in [0, 0.05) is 10.8 Å². The highest BCUT2D eigenvalue weighted by Crippen LogP contribution is 2.46. The molecule has 3 rings (SSSR count). The van der Waals surface area contributed by atoms with Gasteiger partial charge >= 0.3 is 0 Å². The van der Waals surface area contributed by atoms with Crippen LogP contribution >= 0.6 is 11.8 Å². The minimum absolute atomic E-state index is 0.195. The lowest BCUT2D eigenvalue weighted by Crippen LogP contribution is -2.49. The molecule has 0 saturated carbocycles. The van der Waals surface area contributed by atoms with Gasteiger partial charge in [0.05, 0.1) is 31.2 Å². The third-order valence-corrected chi connectivity index (χ3v) is 7.01. The molecule has 1 aliphatic rings. The first-order valence-corrected chi connectivity index (χ1v) is 10.9. The largest absolute Gasteiger partial charge is 0.496 e. The van der Waals surface area contributed by atoms with Crippen molar-refractivity contribution in [1.29, 1.82) is 0 Å². The van der Waals surface area contributed by atoms with Crippen molar-refractivity contribution in [3.05, 3.63) is 58.7 Å². The highest BCUT2D eigenvalue weighted by molar-refractivity contribution is 8.00. The fourth-order valence-corrected chi connectivity index (χ4v) is 5.17. The standard InChI is InChI=1S/C23H30O5S/c1-5-28-17-8-6-15(7-9-17)11-16-12-18(19(27-4)10-13(16)2)23-22(26)21(25)20(24)14(3)29-23/h6-10,12,14,20-26H,5,11H2,1-4H3. The van der Waals surface area contributed by atoms with E-state index >= 15 is 0 Å². The van der Waals surface area contributed by atoms with E-state index in [9.17, 15) is 15.3 Å². The van der Waals surface area contributed by atoms with E-state index in [1.807, 2.05) is 39.0 Å². The first-order valence-electron chi connectivity index (χ1n) is 9.94. The summed E-state index contributed by atoms with van der Waals surface area (Å²) in [4.78, 5) is 0. The molecule has 1 saturated heterocycles. The van der Waals surface area contributed by atoms with Crippen LogP contribution in [0.3, 0.4) is 0 Å². The van der Waals surface area contributed by atoms with E-state index < -0.39 is 18.3 Å². The zero-order valence-corrected chi connectivity index (χ0v) is 18.1. The molecule has 0 spiro atoms. The molecule has 0 aromatic heterocycles. The summed E-state index contributed by atoms with van der Waals surface area (Å²) in [6.07, 6.45) is -2.47. The number of hydrogen-bond donors (Lipinski definition) is 3. The Bertz CT molecular complexity index is 823. The molecule has 29 heavy (non-hydrogen) atoms. The van der Waals surface area contributed by atoms with Gasteiger partial charge in [-0.15, -0.1) is 11.8 Å². The summed E-state index contributed by atoms with van der Waals surface area (Å²) >= 11 is 1.46. The van der Waals surface area contributed by atoms with Crippen LogP contribution in [0.25, 0.3) is 0 Å². The van der Waals surface area contributed by atoms with Crippen molar-refractivity contribution in [2.24, 2.45) is 0 Å². The van der Waals surface area contributed by atoms with Crippen molar-refractivity contribution in [2.75, 3.05) is 13.7 Å². The van der Waals surface area contributed by atoms with Crippen molar-refractivity contribution in [3.8, 4) is 11.5 Å². The summed E-state index contributed by atoms with van der Waals surface area (Å²) in [6, 6.07) is 12.1. The van der Waals surface area contributed by atoms with E-state index in [-0.39, 0.29) is 10.5 Å². The zero-order chi connectivity index (χ0) is 21.1. The normalized spacial score (nSPS) is 26.9. The quantitative estimate of drug-likeness (QED) is 0.668. The van der Waals surface area contributed by atoms with Crippen LogP contribution in [0.15, 0.2) is 36.4 Å². The molecule has 5 nitrogen and oxygen atoms in total. The van der Waals surface area contributed by atoms with Gasteiger partial charge in [0.1, 0.15) is 17.6 Å². The number of methoxy groups -OCH3 is 1. The maximum Gasteiger partial charge on any atom is 0.123 e. The zero-order valence-electron chi connectivity index (χ0n) is 17.3. The topological polar surface area (TPSA) is 79.2 Å². The number of hydrogen-bond acceptors (Lipinski definition) is 6. The van der Waals surface area contributed by atoms with Gasteiger partial charge in [0.25, 0.3) is 0 Å². The van der Waals surface area contributed by atoms with Gasteiger partial charge in [-0.25, -0.2) is 0 Å². The smallest absolute Gasteiger partial charge is 0.123 e. The minimum atomic E-state index is -1.18. The Kier molecular flexibility index (Phi) is 7.11. The van der Waals surface area contributed by atoms with Gasteiger partial charge in [-0.3, -0.25) is 0 Å². The average Bonchev–Trinajstić information content (AvgIpc) is 2.72. The molecule has 3 N–H and O–H groups in total. The van der Waals surface area contributed by atoms with Gasteiger partial charge < -0.3 is 24.8 Å². The minimum Gasteiger partial charge on any atom is -0.496 e. The maximum absolute atomic E-state index is 10.6. The van der Waals surface area contributed by atoms with Gasteiger partial charge in [0.15, 0.2) is 0 Å². The van der Waals surface area contributed by atoms with Crippen molar-refractivity contribution in [1.82, 2.24) is 0 Å². The van der Waals surface area contributed by atoms with Crippen LogP contribution < -0.4 is 9.47 Å². The maximum atomic E-state index is 10.6. The molecule has 158 valence electrons. The highest BCUT2D eigenvalue weighted by atomic mass is 32.2. The summed E-state index contributed by atoms with van der Waals surface area (Å²) in [7, 11) is 1.61.